The van der Waals surface area contributed by atoms with Gasteiger partial charge in [0.15, 0.2) is 0 Å². The molecule has 0 saturated heterocycles. The van der Waals surface area contributed by atoms with Crippen LogP contribution in [0.1, 0.15) is 43.0 Å². The van der Waals surface area contributed by atoms with Crippen LogP contribution in [0, 0.1) is 0 Å². The first-order valence-corrected chi connectivity index (χ1v) is 6.19. The number of hydrogen-bond acceptors (Lipinski definition) is 3. The Morgan fingerprint density at radius 3 is 2.94 bits per heavy atom. The molecule has 0 radical (unpaired) electrons. The highest BCUT2D eigenvalue weighted by Gasteiger charge is 2.31. The molecular weight excluding hydrogens is 216 g/mol. The molecule has 1 N–H and O–H groups in total. The number of carboxylic acid groups (broad SMARTS) is 1. The van der Waals surface area contributed by atoms with Gasteiger partial charge in [0.1, 0.15) is 11.4 Å². The summed E-state index contributed by atoms with van der Waals surface area (Å²) >= 11 is 0. The molecule has 0 amide bonds. The van der Waals surface area contributed by atoms with Crippen LogP contribution in [0.2, 0.25) is 0 Å². The number of unbranched alkanes of at least 4 members (excludes halogenated alkanes) is 1. The number of carboxylic acids is 1. The average Bonchev–Trinajstić information content (AvgIpc) is 3.14. The monoisotopic (exact) mass is 234 g/mol. The Bertz CT molecular complexity index is 402. The first-order chi connectivity index (χ1) is 8.24. The first-order valence-electron chi connectivity index (χ1n) is 6.19. The zero-order chi connectivity index (χ0) is 12.3. The maximum Gasteiger partial charge on any atom is 0.339 e. The molecule has 0 bridgehead atoms. The maximum absolute atomic E-state index is 11.2. The molecule has 0 aromatic carbocycles. The maximum atomic E-state index is 11.2. The van der Waals surface area contributed by atoms with Crippen molar-refractivity contribution in [1.82, 2.24) is 4.98 Å². The van der Waals surface area contributed by atoms with Crippen molar-refractivity contribution >= 4 is 11.8 Å². The standard InChI is InChI=1S/C13H18N2O2/c1-2-3-9-15(10-6-7-10)12-11(13(16)17)5-4-8-14-12/h4-5,8,10H,2-3,6-7,9H2,1H3,(H,16,17). The molecule has 1 aromatic heterocycles. The van der Waals surface area contributed by atoms with Crippen molar-refractivity contribution < 1.29 is 9.90 Å². The van der Waals surface area contributed by atoms with E-state index in [1.807, 2.05) is 0 Å². The number of aromatic carboxylic acids is 1. The minimum Gasteiger partial charge on any atom is -0.478 e. The van der Waals surface area contributed by atoms with Crippen LogP contribution in [0.25, 0.3) is 0 Å². The Hall–Kier alpha value is -1.58. The molecule has 1 aliphatic carbocycles. The van der Waals surface area contributed by atoms with Gasteiger partial charge in [-0.15, -0.1) is 0 Å². The molecule has 17 heavy (non-hydrogen) atoms. The molecule has 1 heterocycles. The molecule has 0 spiro atoms. The number of pyridine rings is 1. The molecule has 1 fully saturated rings. The molecule has 92 valence electrons. The first kappa shape index (κ1) is 11.9. The lowest BCUT2D eigenvalue weighted by Crippen LogP contribution is -2.29. The average molecular weight is 234 g/mol. The van der Waals surface area contributed by atoms with E-state index in [2.05, 4.69) is 16.8 Å². The van der Waals surface area contributed by atoms with Crippen LogP contribution >= 0.6 is 0 Å². The second kappa shape index (κ2) is 5.17. The molecule has 0 aliphatic heterocycles. The second-order valence-corrected chi connectivity index (χ2v) is 4.46. The van der Waals surface area contributed by atoms with E-state index < -0.39 is 5.97 Å². The van der Waals surface area contributed by atoms with E-state index in [-0.39, 0.29) is 0 Å². The summed E-state index contributed by atoms with van der Waals surface area (Å²) < 4.78 is 0. The van der Waals surface area contributed by atoms with Crippen LogP contribution in [0.4, 0.5) is 5.82 Å². The van der Waals surface area contributed by atoms with Gasteiger partial charge >= 0.3 is 5.97 Å². The molecule has 1 aliphatic rings. The lowest BCUT2D eigenvalue weighted by molar-refractivity contribution is 0.0697. The molecular formula is C13H18N2O2. The third-order valence-corrected chi connectivity index (χ3v) is 3.03. The quantitative estimate of drug-likeness (QED) is 0.821. The summed E-state index contributed by atoms with van der Waals surface area (Å²) in [7, 11) is 0. The fraction of sp³-hybridized carbons (Fsp3) is 0.538. The molecule has 1 saturated carbocycles. The van der Waals surface area contributed by atoms with Gasteiger partial charge in [-0.3, -0.25) is 0 Å². The minimum atomic E-state index is -0.893. The van der Waals surface area contributed by atoms with Crippen LogP contribution in [-0.4, -0.2) is 28.6 Å². The van der Waals surface area contributed by atoms with E-state index in [1.54, 1.807) is 18.3 Å². The Morgan fingerprint density at radius 1 is 1.59 bits per heavy atom. The summed E-state index contributed by atoms with van der Waals surface area (Å²) in [5, 5.41) is 9.18. The number of aromatic nitrogens is 1. The van der Waals surface area contributed by atoms with Gasteiger partial charge in [0.05, 0.1) is 0 Å². The number of anilines is 1. The van der Waals surface area contributed by atoms with Crippen LogP contribution in [-0.2, 0) is 0 Å². The largest absolute Gasteiger partial charge is 0.478 e. The van der Waals surface area contributed by atoms with E-state index in [9.17, 15) is 9.90 Å². The summed E-state index contributed by atoms with van der Waals surface area (Å²) in [4.78, 5) is 17.6. The van der Waals surface area contributed by atoms with E-state index in [0.717, 1.165) is 32.2 Å². The summed E-state index contributed by atoms with van der Waals surface area (Å²) in [6.07, 6.45) is 6.16. The number of rotatable bonds is 6. The van der Waals surface area contributed by atoms with Gasteiger partial charge in [0.25, 0.3) is 0 Å². The lowest BCUT2D eigenvalue weighted by Gasteiger charge is -2.24. The lowest BCUT2D eigenvalue weighted by atomic mass is 10.2. The molecule has 1 aromatic rings. The minimum absolute atomic E-state index is 0.315. The Morgan fingerprint density at radius 2 is 2.35 bits per heavy atom. The van der Waals surface area contributed by atoms with Gasteiger partial charge in [-0.1, -0.05) is 13.3 Å². The van der Waals surface area contributed by atoms with Crippen LogP contribution in [0.15, 0.2) is 18.3 Å². The Balaban J connectivity index is 2.25. The van der Waals surface area contributed by atoms with Crippen molar-refractivity contribution in [3.63, 3.8) is 0 Å². The summed E-state index contributed by atoms with van der Waals surface area (Å²) in [6, 6.07) is 3.80. The van der Waals surface area contributed by atoms with Gasteiger partial charge in [0, 0.05) is 18.8 Å². The molecule has 0 atom stereocenters. The van der Waals surface area contributed by atoms with Crippen molar-refractivity contribution in [2.75, 3.05) is 11.4 Å². The second-order valence-electron chi connectivity index (χ2n) is 4.46. The normalized spacial score (nSPS) is 14.6. The zero-order valence-electron chi connectivity index (χ0n) is 10.1. The molecule has 0 unspecified atom stereocenters. The van der Waals surface area contributed by atoms with Crippen molar-refractivity contribution in [2.45, 2.75) is 38.6 Å². The van der Waals surface area contributed by atoms with Gasteiger partial charge in [0.2, 0.25) is 0 Å². The summed E-state index contributed by atoms with van der Waals surface area (Å²) in [5.41, 5.74) is 0.315. The van der Waals surface area contributed by atoms with Crippen molar-refractivity contribution in [3.8, 4) is 0 Å². The Labute approximate surface area is 101 Å². The molecule has 4 heteroatoms. The van der Waals surface area contributed by atoms with Gasteiger partial charge in [-0.25, -0.2) is 9.78 Å². The highest BCUT2D eigenvalue weighted by atomic mass is 16.4. The zero-order valence-corrected chi connectivity index (χ0v) is 10.1. The SMILES string of the molecule is CCCCN(c1ncccc1C(=O)O)C1CC1. The topological polar surface area (TPSA) is 53.4 Å². The van der Waals surface area contributed by atoms with Crippen molar-refractivity contribution in [2.24, 2.45) is 0 Å². The fourth-order valence-corrected chi connectivity index (χ4v) is 1.97. The fourth-order valence-electron chi connectivity index (χ4n) is 1.97. The van der Waals surface area contributed by atoms with Gasteiger partial charge in [-0.05, 0) is 31.4 Å². The van der Waals surface area contributed by atoms with E-state index in [1.165, 1.54) is 0 Å². The highest BCUT2D eigenvalue weighted by molar-refractivity contribution is 5.93. The highest BCUT2D eigenvalue weighted by Crippen LogP contribution is 2.32. The summed E-state index contributed by atoms with van der Waals surface area (Å²) in [5.74, 6) is -0.258. The molecule has 2 rings (SSSR count). The predicted molar refractivity (Wildman–Crippen MR) is 66.5 cm³/mol. The van der Waals surface area contributed by atoms with Crippen molar-refractivity contribution in [3.05, 3.63) is 23.9 Å². The van der Waals surface area contributed by atoms with Crippen LogP contribution < -0.4 is 4.90 Å². The third-order valence-electron chi connectivity index (χ3n) is 3.03. The smallest absolute Gasteiger partial charge is 0.339 e. The Kier molecular flexibility index (Phi) is 3.61. The van der Waals surface area contributed by atoms with Gasteiger partial charge in [-0.2, -0.15) is 0 Å². The van der Waals surface area contributed by atoms with Crippen molar-refractivity contribution in [1.29, 1.82) is 0 Å². The van der Waals surface area contributed by atoms with E-state index in [0.29, 0.717) is 17.4 Å². The van der Waals surface area contributed by atoms with E-state index >= 15 is 0 Å². The van der Waals surface area contributed by atoms with Gasteiger partial charge < -0.3 is 10.0 Å². The van der Waals surface area contributed by atoms with E-state index in [4.69, 9.17) is 0 Å². The summed E-state index contributed by atoms with van der Waals surface area (Å²) in [6.45, 7) is 3.04. The van der Waals surface area contributed by atoms with Crippen LogP contribution in [0.5, 0.6) is 0 Å². The number of hydrogen-bond donors (Lipinski definition) is 1. The number of nitrogens with zero attached hydrogens (tertiary/aromatic N) is 2. The molecule has 4 nitrogen and oxygen atoms in total. The number of carbonyl (C=O) groups is 1. The predicted octanol–water partition coefficient (Wildman–Crippen LogP) is 2.55. The van der Waals surface area contributed by atoms with Crippen LogP contribution in [0.3, 0.4) is 0 Å². The third kappa shape index (κ3) is 2.75.